The fourth-order valence-corrected chi connectivity index (χ4v) is 2.69. The Morgan fingerprint density at radius 2 is 1.62 bits per heavy atom. The average Bonchev–Trinajstić information content (AvgIpc) is 3.37. The van der Waals surface area contributed by atoms with E-state index < -0.39 is 0 Å². The zero-order valence-corrected chi connectivity index (χ0v) is 14.7. The van der Waals surface area contributed by atoms with Gasteiger partial charge in [-0.05, 0) is 41.5 Å². The third-order valence-electron chi connectivity index (χ3n) is 4.38. The lowest BCUT2D eigenvalue weighted by Crippen LogP contribution is -2.34. The molecule has 2 aromatic rings. The average molecular weight is 322 g/mol. The van der Waals surface area contributed by atoms with Crippen LogP contribution in [0.3, 0.4) is 0 Å². The van der Waals surface area contributed by atoms with E-state index >= 15 is 0 Å². The van der Waals surface area contributed by atoms with E-state index in [4.69, 9.17) is 0 Å². The Bertz CT molecular complexity index is 682. The highest BCUT2D eigenvalue weighted by atomic mass is 16.2. The first-order valence-electron chi connectivity index (χ1n) is 8.66. The van der Waals surface area contributed by atoms with Crippen molar-refractivity contribution in [1.29, 1.82) is 0 Å². The van der Waals surface area contributed by atoms with Gasteiger partial charge in [0.2, 0.25) is 5.91 Å². The van der Waals surface area contributed by atoms with Gasteiger partial charge in [-0.3, -0.25) is 4.79 Å². The molecule has 1 fully saturated rings. The summed E-state index contributed by atoms with van der Waals surface area (Å²) in [7, 11) is 0. The van der Waals surface area contributed by atoms with E-state index in [0.717, 1.165) is 24.1 Å². The Morgan fingerprint density at radius 3 is 2.17 bits per heavy atom. The Hall–Kier alpha value is -2.29. The van der Waals surface area contributed by atoms with Gasteiger partial charge in [0, 0.05) is 11.7 Å². The molecule has 1 saturated carbocycles. The molecule has 1 atom stereocenters. The fourth-order valence-electron chi connectivity index (χ4n) is 2.69. The summed E-state index contributed by atoms with van der Waals surface area (Å²) in [4.78, 5) is 12.7. The standard InChI is InChI=1S/C21H26N2O/c1-21(2,3)16-9-11-17(12-10-16)22-19(15-7-5-4-6-8-15)20(24)23-18-13-14-18/h4-12,18-19,22H,13-14H2,1-3H3,(H,23,24). The van der Waals surface area contributed by atoms with Gasteiger partial charge in [-0.1, -0.05) is 63.2 Å². The fraction of sp³-hybridized carbons (Fsp3) is 0.381. The second kappa shape index (κ2) is 6.68. The Balaban J connectivity index is 1.79. The van der Waals surface area contributed by atoms with Gasteiger partial charge >= 0.3 is 0 Å². The predicted molar refractivity (Wildman–Crippen MR) is 99.1 cm³/mol. The van der Waals surface area contributed by atoms with Crippen molar-refractivity contribution in [2.24, 2.45) is 0 Å². The van der Waals surface area contributed by atoms with Crippen LogP contribution in [0, 0.1) is 0 Å². The maximum atomic E-state index is 12.7. The van der Waals surface area contributed by atoms with Crippen LogP contribution in [0.4, 0.5) is 5.69 Å². The predicted octanol–water partition coefficient (Wildman–Crippen LogP) is 4.42. The van der Waals surface area contributed by atoms with Gasteiger partial charge in [-0.15, -0.1) is 0 Å². The zero-order chi connectivity index (χ0) is 17.2. The van der Waals surface area contributed by atoms with Gasteiger partial charge in [0.05, 0.1) is 0 Å². The van der Waals surface area contributed by atoms with Crippen LogP contribution in [0.2, 0.25) is 0 Å². The SMILES string of the molecule is CC(C)(C)c1ccc(NC(C(=O)NC2CC2)c2ccccc2)cc1. The highest BCUT2D eigenvalue weighted by molar-refractivity contribution is 5.86. The Labute approximate surface area is 144 Å². The maximum Gasteiger partial charge on any atom is 0.247 e. The zero-order valence-electron chi connectivity index (χ0n) is 14.7. The lowest BCUT2D eigenvalue weighted by molar-refractivity contribution is -0.122. The minimum atomic E-state index is -0.368. The molecular formula is C21H26N2O. The minimum absolute atomic E-state index is 0.0450. The lowest BCUT2D eigenvalue weighted by Gasteiger charge is -2.22. The first kappa shape index (κ1) is 16.6. The van der Waals surface area contributed by atoms with Crippen LogP contribution in [-0.4, -0.2) is 11.9 Å². The highest BCUT2D eigenvalue weighted by Crippen LogP contribution is 2.26. The van der Waals surface area contributed by atoms with E-state index in [-0.39, 0.29) is 17.4 Å². The summed E-state index contributed by atoms with van der Waals surface area (Å²) in [5.74, 6) is 0.0450. The number of hydrogen-bond acceptors (Lipinski definition) is 2. The first-order chi connectivity index (χ1) is 11.4. The Kier molecular flexibility index (Phi) is 4.61. The third-order valence-corrected chi connectivity index (χ3v) is 4.38. The maximum absolute atomic E-state index is 12.7. The number of benzene rings is 2. The number of nitrogens with one attached hydrogen (secondary N) is 2. The summed E-state index contributed by atoms with van der Waals surface area (Å²) in [6.45, 7) is 6.60. The van der Waals surface area contributed by atoms with Gasteiger partial charge in [0.15, 0.2) is 0 Å². The number of carbonyl (C=O) groups excluding carboxylic acids is 1. The van der Waals surface area contributed by atoms with Crippen LogP contribution in [0.5, 0.6) is 0 Å². The smallest absolute Gasteiger partial charge is 0.247 e. The van der Waals surface area contributed by atoms with Crippen molar-refractivity contribution in [3.05, 3.63) is 65.7 Å². The monoisotopic (exact) mass is 322 g/mol. The molecule has 0 aliphatic heterocycles. The van der Waals surface area contributed by atoms with Gasteiger partial charge in [-0.25, -0.2) is 0 Å². The van der Waals surface area contributed by atoms with Crippen molar-refractivity contribution < 1.29 is 4.79 Å². The molecule has 2 aromatic carbocycles. The molecule has 0 saturated heterocycles. The quantitative estimate of drug-likeness (QED) is 0.856. The van der Waals surface area contributed by atoms with Crippen LogP contribution in [0.1, 0.15) is 50.8 Å². The van der Waals surface area contributed by atoms with Gasteiger partial charge < -0.3 is 10.6 Å². The second-order valence-electron chi connectivity index (χ2n) is 7.60. The van der Waals surface area contributed by atoms with Crippen molar-refractivity contribution in [3.63, 3.8) is 0 Å². The molecule has 1 aliphatic rings. The summed E-state index contributed by atoms with van der Waals surface area (Å²) >= 11 is 0. The molecule has 126 valence electrons. The molecule has 3 heteroatoms. The number of rotatable bonds is 5. The van der Waals surface area contributed by atoms with Crippen molar-refractivity contribution in [3.8, 4) is 0 Å². The van der Waals surface area contributed by atoms with Crippen molar-refractivity contribution in [2.45, 2.75) is 51.1 Å². The summed E-state index contributed by atoms with van der Waals surface area (Å²) in [5.41, 5.74) is 3.35. The number of anilines is 1. The largest absolute Gasteiger partial charge is 0.370 e. The molecular weight excluding hydrogens is 296 g/mol. The molecule has 3 rings (SSSR count). The van der Waals surface area contributed by atoms with E-state index in [1.807, 2.05) is 30.3 Å². The van der Waals surface area contributed by atoms with Gasteiger partial charge in [0.25, 0.3) is 0 Å². The van der Waals surface area contributed by atoms with Crippen LogP contribution in [0.15, 0.2) is 54.6 Å². The minimum Gasteiger partial charge on any atom is -0.370 e. The van der Waals surface area contributed by atoms with Crippen molar-refractivity contribution in [1.82, 2.24) is 5.32 Å². The van der Waals surface area contributed by atoms with Crippen LogP contribution in [0.25, 0.3) is 0 Å². The van der Waals surface area contributed by atoms with Crippen molar-refractivity contribution >= 4 is 11.6 Å². The van der Waals surface area contributed by atoms with E-state index in [0.29, 0.717) is 6.04 Å². The third kappa shape index (κ3) is 4.16. The molecule has 0 radical (unpaired) electrons. The first-order valence-corrected chi connectivity index (χ1v) is 8.66. The highest BCUT2D eigenvalue weighted by Gasteiger charge is 2.28. The number of amides is 1. The van der Waals surface area contributed by atoms with E-state index in [1.165, 1.54) is 5.56 Å². The molecule has 24 heavy (non-hydrogen) atoms. The molecule has 2 N–H and O–H groups in total. The summed E-state index contributed by atoms with van der Waals surface area (Å²) in [6, 6.07) is 18.3. The van der Waals surface area contributed by atoms with E-state index in [9.17, 15) is 4.79 Å². The van der Waals surface area contributed by atoms with Crippen LogP contribution in [-0.2, 0) is 10.2 Å². The molecule has 1 amide bonds. The summed E-state index contributed by atoms with van der Waals surface area (Å²) < 4.78 is 0. The number of carbonyl (C=O) groups is 1. The molecule has 0 heterocycles. The topological polar surface area (TPSA) is 41.1 Å². The molecule has 0 aromatic heterocycles. The second-order valence-corrected chi connectivity index (χ2v) is 7.60. The van der Waals surface area contributed by atoms with E-state index in [2.05, 4.69) is 55.7 Å². The molecule has 0 bridgehead atoms. The van der Waals surface area contributed by atoms with Crippen molar-refractivity contribution in [2.75, 3.05) is 5.32 Å². The molecule has 1 aliphatic carbocycles. The molecule has 0 spiro atoms. The van der Waals surface area contributed by atoms with E-state index in [1.54, 1.807) is 0 Å². The molecule has 1 unspecified atom stereocenters. The van der Waals surface area contributed by atoms with Crippen LogP contribution >= 0.6 is 0 Å². The lowest BCUT2D eigenvalue weighted by atomic mass is 9.87. The Morgan fingerprint density at radius 1 is 1.00 bits per heavy atom. The summed E-state index contributed by atoms with van der Waals surface area (Å²) in [5, 5.41) is 6.50. The van der Waals surface area contributed by atoms with Gasteiger partial charge in [0.1, 0.15) is 6.04 Å². The van der Waals surface area contributed by atoms with Gasteiger partial charge in [-0.2, -0.15) is 0 Å². The normalized spacial score (nSPS) is 15.6. The molecule has 3 nitrogen and oxygen atoms in total. The van der Waals surface area contributed by atoms with Crippen LogP contribution < -0.4 is 10.6 Å². The number of hydrogen-bond donors (Lipinski definition) is 2. The summed E-state index contributed by atoms with van der Waals surface area (Å²) in [6.07, 6.45) is 2.18.